The molecule has 22 heavy (non-hydrogen) atoms. The number of aromatic nitrogens is 1. The third-order valence-electron chi connectivity index (χ3n) is 2.43. The summed E-state index contributed by atoms with van der Waals surface area (Å²) in [5.74, 6) is -0.418. The Morgan fingerprint density at radius 2 is 1.95 bits per heavy atom. The Kier molecular flexibility index (Phi) is 6.62. The van der Waals surface area contributed by atoms with Crippen molar-refractivity contribution in [1.82, 2.24) is 4.98 Å². The Hall–Kier alpha value is -1.34. The van der Waals surface area contributed by atoms with E-state index >= 15 is 0 Å². The van der Waals surface area contributed by atoms with Crippen LogP contribution >= 0.6 is 22.9 Å². The lowest BCUT2D eigenvalue weighted by Gasteiger charge is -2.24. The molecule has 0 fully saturated rings. The highest BCUT2D eigenvalue weighted by atomic mass is 35.5. The second kappa shape index (κ2) is 7.78. The highest BCUT2D eigenvalue weighted by Crippen LogP contribution is 2.29. The zero-order valence-corrected chi connectivity index (χ0v) is 15.0. The van der Waals surface area contributed by atoms with Crippen LogP contribution in [0.3, 0.4) is 0 Å². The maximum absolute atomic E-state index is 12.2. The number of rotatable bonds is 5. The van der Waals surface area contributed by atoms with Gasteiger partial charge in [0.05, 0.1) is 18.2 Å². The smallest absolute Gasteiger partial charge is 0.416 e. The molecule has 0 aliphatic carbocycles. The fraction of sp³-hybridized carbons (Fsp3) is 0.643. The van der Waals surface area contributed by atoms with Crippen molar-refractivity contribution in [3.63, 3.8) is 0 Å². The van der Waals surface area contributed by atoms with Gasteiger partial charge in [0.2, 0.25) is 0 Å². The van der Waals surface area contributed by atoms with E-state index in [0.717, 1.165) is 11.3 Å². The molecule has 0 radical (unpaired) electrons. The normalized spacial score (nSPS) is 11.2. The summed E-state index contributed by atoms with van der Waals surface area (Å²) in [6, 6.07) is 0. The number of carbonyl (C=O) groups excluding carboxylic acids is 2. The van der Waals surface area contributed by atoms with Crippen LogP contribution in [-0.2, 0) is 15.4 Å². The molecule has 0 N–H and O–H groups in total. The van der Waals surface area contributed by atoms with Gasteiger partial charge < -0.3 is 9.47 Å². The molecule has 0 aliphatic rings. The Balaban J connectivity index is 3.08. The van der Waals surface area contributed by atoms with E-state index in [0.29, 0.717) is 22.2 Å². The Morgan fingerprint density at radius 3 is 2.41 bits per heavy atom. The van der Waals surface area contributed by atoms with Gasteiger partial charge in [0.25, 0.3) is 0 Å². The molecule has 124 valence electrons. The van der Waals surface area contributed by atoms with Gasteiger partial charge in [0, 0.05) is 6.54 Å². The number of esters is 1. The molecule has 0 unspecified atom stereocenters. The predicted molar refractivity (Wildman–Crippen MR) is 86.9 cm³/mol. The van der Waals surface area contributed by atoms with E-state index in [-0.39, 0.29) is 12.5 Å². The van der Waals surface area contributed by atoms with Crippen molar-refractivity contribution in [2.45, 2.75) is 46.1 Å². The third-order valence-corrected chi connectivity index (χ3v) is 3.79. The van der Waals surface area contributed by atoms with Gasteiger partial charge in [0.1, 0.15) is 10.5 Å². The number of alkyl halides is 1. The number of hydrogen-bond acceptors (Lipinski definition) is 6. The molecule has 8 heteroatoms. The van der Waals surface area contributed by atoms with Crippen molar-refractivity contribution in [2.24, 2.45) is 0 Å². The third kappa shape index (κ3) is 4.84. The summed E-state index contributed by atoms with van der Waals surface area (Å²) in [5.41, 5.74) is -0.205. The van der Waals surface area contributed by atoms with Gasteiger partial charge in [-0.25, -0.2) is 14.6 Å². The lowest BCUT2D eigenvalue weighted by atomic mass is 10.2. The quantitative estimate of drug-likeness (QED) is 0.597. The maximum atomic E-state index is 12.2. The van der Waals surface area contributed by atoms with Crippen molar-refractivity contribution in [2.75, 3.05) is 18.1 Å². The van der Waals surface area contributed by atoms with E-state index in [1.54, 1.807) is 34.6 Å². The zero-order chi connectivity index (χ0) is 16.9. The van der Waals surface area contributed by atoms with Crippen LogP contribution in [0.25, 0.3) is 0 Å². The van der Waals surface area contributed by atoms with Crippen LogP contribution in [0.2, 0.25) is 0 Å². The molecule has 6 nitrogen and oxygen atoms in total. The predicted octanol–water partition coefficient (Wildman–Crippen LogP) is 3.82. The van der Waals surface area contributed by atoms with Crippen molar-refractivity contribution in [3.8, 4) is 0 Å². The lowest BCUT2D eigenvalue weighted by molar-refractivity contribution is 0.0528. The van der Waals surface area contributed by atoms with E-state index in [9.17, 15) is 9.59 Å². The Labute approximate surface area is 139 Å². The minimum absolute atomic E-state index is 0.0660. The second-order valence-corrected chi connectivity index (χ2v) is 6.60. The van der Waals surface area contributed by atoms with Crippen molar-refractivity contribution in [3.05, 3.63) is 10.6 Å². The van der Waals surface area contributed by atoms with Crippen LogP contribution in [0.4, 0.5) is 9.93 Å². The summed E-state index contributed by atoms with van der Waals surface area (Å²) in [6.45, 7) is 9.51. The number of hydrogen-bond donors (Lipinski definition) is 0. The number of carbonyl (C=O) groups is 2. The van der Waals surface area contributed by atoms with E-state index in [1.807, 2.05) is 0 Å². The Bertz CT molecular complexity index is 539. The summed E-state index contributed by atoms with van der Waals surface area (Å²) < 4.78 is 10.3. The summed E-state index contributed by atoms with van der Waals surface area (Å²) in [5, 5.41) is 0.371. The molecule has 0 saturated carbocycles. The van der Waals surface area contributed by atoms with Crippen molar-refractivity contribution >= 4 is 40.1 Å². The first-order valence-corrected chi connectivity index (χ1v) is 8.31. The van der Waals surface area contributed by atoms with Gasteiger partial charge in [-0.05, 0) is 34.6 Å². The van der Waals surface area contributed by atoms with Gasteiger partial charge >= 0.3 is 12.1 Å². The van der Waals surface area contributed by atoms with Crippen molar-refractivity contribution < 1.29 is 19.1 Å². The first-order valence-electron chi connectivity index (χ1n) is 6.96. The highest BCUT2D eigenvalue weighted by molar-refractivity contribution is 7.17. The zero-order valence-electron chi connectivity index (χ0n) is 13.4. The van der Waals surface area contributed by atoms with E-state index in [2.05, 4.69) is 4.98 Å². The fourth-order valence-electron chi connectivity index (χ4n) is 1.56. The average Bonchev–Trinajstić information content (AvgIpc) is 2.81. The summed E-state index contributed by atoms with van der Waals surface area (Å²) >= 11 is 6.90. The topological polar surface area (TPSA) is 68.7 Å². The number of nitrogens with zero attached hydrogens (tertiary/aromatic N) is 2. The van der Waals surface area contributed by atoms with Gasteiger partial charge in [-0.3, -0.25) is 4.90 Å². The Morgan fingerprint density at radius 1 is 1.32 bits per heavy atom. The van der Waals surface area contributed by atoms with Crippen LogP contribution in [-0.4, -0.2) is 35.8 Å². The fourth-order valence-corrected chi connectivity index (χ4v) is 2.86. The largest absolute Gasteiger partial charge is 0.462 e. The minimum Gasteiger partial charge on any atom is -0.462 e. The van der Waals surface area contributed by atoms with Crippen LogP contribution in [0.15, 0.2) is 0 Å². The summed E-state index contributed by atoms with van der Waals surface area (Å²) in [7, 11) is 0. The van der Waals surface area contributed by atoms with Gasteiger partial charge in [0.15, 0.2) is 5.13 Å². The SMILES string of the molecule is CCOC(=O)c1sc(N(CC)C(=O)OC(C)(C)C)nc1CCl. The highest BCUT2D eigenvalue weighted by Gasteiger charge is 2.27. The summed E-state index contributed by atoms with van der Waals surface area (Å²) in [4.78, 5) is 30.1. The van der Waals surface area contributed by atoms with Crippen LogP contribution in [0.1, 0.15) is 50.0 Å². The molecule has 0 saturated heterocycles. The number of ether oxygens (including phenoxy) is 2. The molecule has 0 aromatic carbocycles. The van der Waals surface area contributed by atoms with Crippen LogP contribution in [0.5, 0.6) is 0 Å². The summed E-state index contributed by atoms with van der Waals surface area (Å²) in [6.07, 6.45) is -0.514. The number of amides is 1. The van der Waals surface area contributed by atoms with E-state index in [4.69, 9.17) is 21.1 Å². The molecule has 1 aromatic rings. The molecule has 0 bridgehead atoms. The second-order valence-electron chi connectivity index (χ2n) is 5.35. The first-order chi connectivity index (χ1) is 10.2. The van der Waals surface area contributed by atoms with E-state index in [1.165, 1.54) is 4.90 Å². The number of anilines is 1. The van der Waals surface area contributed by atoms with Gasteiger partial charge in [-0.1, -0.05) is 11.3 Å². The molecule has 1 aromatic heterocycles. The average molecular weight is 349 g/mol. The van der Waals surface area contributed by atoms with Gasteiger partial charge in [-0.2, -0.15) is 0 Å². The number of thiazole rings is 1. The van der Waals surface area contributed by atoms with E-state index < -0.39 is 17.7 Å². The van der Waals surface area contributed by atoms with Gasteiger partial charge in [-0.15, -0.1) is 11.6 Å². The minimum atomic E-state index is -0.610. The molecule has 0 aliphatic heterocycles. The monoisotopic (exact) mass is 348 g/mol. The maximum Gasteiger partial charge on any atom is 0.416 e. The number of halogens is 1. The molecular weight excluding hydrogens is 328 g/mol. The molecule has 1 heterocycles. The molecule has 0 atom stereocenters. The van der Waals surface area contributed by atoms with Crippen molar-refractivity contribution in [1.29, 1.82) is 0 Å². The van der Waals surface area contributed by atoms with Crippen LogP contribution < -0.4 is 4.90 Å². The standard InChI is InChI=1S/C14H21ClN2O4S/c1-6-17(13(19)21-14(3,4)5)12-16-9(8-15)10(22-12)11(18)20-7-2/h6-8H2,1-5H3. The lowest BCUT2D eigenvalue weighted by Crippen LogP contribution is -2.36. The van der Waals surface area contributed by atoms with Crippen LogP contribution in [0, 0.1) is 0 Å². The molecule has 0 spiro atoms. The first kappa shape index (κ1) is 18.7. The molecule has 1 amide bonds. The molecule has 1 rings (SSSR count). The molecular formula is C14H21ClN2O4S.